The number of rotatable bonds is 14. The third-order valence-corrected chi connectivity index (χ3v) is 6.65. The first-order valence-electron chi connectivity index (χ1n) is 10.9. The number of carbonyl (C=O) groups excluding carboxylic acids is 1. The minimum absolute atomic E-state index is 0.000805. The van der Waals surface area contributed by atoms with Gasteiger partial charge in [-0.2, -0.15) is 11.8 Å². The summed E-state index contributed by atoms with van der Waals surface area (Å²) in [6, 6.07) is 0. The second-order valence-corrected chi connectivity index (χ2v) is 8.82. The SMILES string of the molecule is CCCCCCCC/C=C1\CC[C@@H](CC(=O)O)[C@@H](O)[C@H]1SCCC(=O)OCC. The second kappa shape index (κ2) is 14.9. The summed E-state index contributed by atoms with van der Waals surface area (Å²) in [6.45, 7) is 4.38. The van der Waals surface area contributed by atoms with Gasteiger partial charge in [0, 0.05) is 5.75 Å². The van der Waals surface area contributed by atoms with Gasteiger partial charge in [-0.1, -0.05) is 50.7 Å². The number of carboxylic acid groups (broad SMARTS) is 1. The molecule has 0 saturated heterocycles. The lowest BCUT2D eigenvalue weighted by molar-refractivity contribution is -0.142. The molecule has 0 spiro atoms. The van der Waals surface area contributed by atoms with Gasteiger partial charge >= 0.3 is 11.9 Å². The minimum Gasteiger partial charge on any atom is -0.481 e. The number of hydrogen-bond donors (Lipinski definition) is 2. The van der Waals surface area contributed by atoms with Crippen molar-refractivity contribution >= 4 is 23.7 Å². The normalized spacial score (nSPS) is 23.7. The molecule has 1 rings (SSSR count). The van der Waals surface area contributed by atoms with Gasteiger partial charge in [0.25, 0.3) is 0 Å². The molecular formula is C22H38O5S. The van der Waals surface area contributed by atoms with Crippen LogP contribution in [0.1, 0.15) is 84.5 Å². The Bertz CT molecular complexity index is 491. The number of carboxylic acids is 1. The molecule has 0 aromatic rings. The fourth-order valence-electron chi connectivity index (χ4n) is 3.72. The zero-order chi connectivity index (χ0) is 20.8. The molecule has 0 radical (unpaired) electrons. The van der Waals surface area contributed by atoms with Gasteiger partial charge in [0.15, 0.2) is 0 Å². The number of esters is 1. The topological polar surface area (TPSA) is 83.8 Å². The highest BCUT2D eigenvalue weighted by Crippen LogP contribution is 2.38. The number of thioether (sulfide) groups is 1. The molecular weight excluding hydrogens is 376 g/mol. The van der Waals surface area contributed by atoms with Gasteiger partial charge in [-0.3, -0.25) is 9.59 Å². The molecule has 1 saturated carbocycles. The largest absolute Gasteiger partial charge is 0.481 e. The van der Waals surface area contributed by atoms with E-state index >= 15 is 0 Å². The van der Waals surface area contributed by atoms with E-state index in [1.807, 2.05) is 0 Å². The number of aliphatic hydroxyl groups is 1. The second-order valence-electron chi connectivity index (χ2n) is 7.57. The predicted octanol–water partition coefficient (Wildman–Crippen LogP) is 4.96. The summed E-state index contributed by atoms with van der Waals surface area (Å²) in [6.07, 6.45) is 12.0. The molecule has 1 fully saturated rings. The van der Waals surface area contributed by atoms with E-state index in [-0.39, 0.29) is 23.6 Å². The van der Waals surface area contributed by atoms with E-state index in [0.29, 0.717) is 25.2 Å². The van der Waals surface area contributed by atoms with Gasteiger partial charge in [0.1, 0.15) is 0 Å². The minimum atomic E-state index is -0.862. The van der Waals surface area contributed by atoms with Crippen molar-refractivity contribution in [3.63, 3.8) is 0 Å². The van der Waals surface area contributed by atoms with Crippen LogP contribution in [0.4, 0.5) is 0 Å². The van der Waals surface area contributed by atoms with Crippen molar-refractivity contribution in [3.8, 4) is 0 Å². The molecule has 0 heterocycles. The summed E-state index contributed by atoms with van der Waals surface area (Å²) < 4.78 is 4.97. The van der Waals surface area contributed by atoms with Crippen LogP contribution in [-0.2, 0) is 14.3 Å². The van der Waals surface area contributed by atoms with Crippen molar-refractivity contribution in [3.05, 3.63) is 11.6 Å². The molecule has 3 atom stereocenters. The van der Waals surface area contributed by atoms with Gasteiger partial charge in [0.05, 0.1) is 30.8 Å². The van der Waals surface area contributed by atoms with Crippen molar-refractivity contribution in [2.45, 2.75) is 95.8 Å². The Balaban J connectivity index is 2.58. The standard InChI is InChI=1S/C22H38O5S/c1-3-5-6-7-8-9-10-11-17-12-13-18(16-19(23)24)21(26)22(17)28-15-14-20(25)27-4-2/h11,18,21-22,26H,3-10,12-16H2,1-2H3,(H,23,24)/b17-11+/t18-,21+,22-/m0/s1. The van der Waals surface area contributed by atoms with Gasteiger partial charge in [-0.25, -0.2) is 0 Å². The number of carbonyl (C=O) groups is 2. The fraction of sp³-hybridized carbons (Fsp3) is 0.818. The molecule has 162 valence electrons. The fourth-order valence-corrected chi connectivity index (χ4v) is 5.10. The summed E-state index contributed by atoms with van der Waals surface area (Å²) in [5.41, 5.74) is 1.22. The van der Waals surface area contributed by atoms with E-state index < -0.39 is 12.1 Å². The third kappa shape index (κ3) is 9.97. The average molecular weight is 415 g/mol. The predicted molar refractivity (Wildman–Crippen MR) is 115 cm³/mol. The maximum Gasteiger partial charge on any atom is 0.306 e. The summed E-state index contributed by atoms with van der Waals surface area (Å²) in [5.74, 6) is -0.725. The van der Waals surface area contributed by atoms with Gasteiger partial charge in [-0.05, 0) is 38.5 Å². The molecule has 1 aliphatic carbocycles. The van der Waals surface area contributed by atoms with Gasteiger partial charge in [0.2, 0.25) is 0 Å². The van der Waals surface area contributed by atoms with Crippen molar-refractivity contribution in [2.75, 3.05) is 12.4 Å². The van der Waals surface area contributed by atoms with E-state index in [1.54, 1.807) is 18.7 Å². The first-order chi connectivity index (χ1) is 13.5. The monoisotopic (exact) mass is 414 g/mol. The number of unbranched alkanes of at least 4 members (excludes halogenated alkanes) is 6. The summed E-state index contributed by atoms with van der Waals surface area (Å²) in [4.78, 5) is 22.7. The maximum absolute atomic E-state index is 11.6. The van der Waals surface area contributed by atoms with E-state index in [2.05, 4.69) is 13.0 Å². The van der Waals surface area contributed by atoms with Crippen LogP contribution < -0.4 is 0 Å². The third-order valence-electron chi connectivity index (χ3n) is 5.27. The molecule has 0 bridgehead atoms. The molecule has 0 unspecified atom stereocenters. The van der Waals surface area contributed by atoms with Crippen LogP contribution in [-0.4, -0.2) is 45.9 Å². The van der Waals surface area contributed by atoms with E-state index in [1.165, 1.54) is 37.7 Å². The number of allylic oxidation sites excluding steroid dienone is 1. The number of aliphatic hydroxyl groups excluding tert-OH is 1. The van der Waals surface area contributed by atoms with Crippen LogP contribution in [0.15, 0.2) is 11.6 Å². The molecule has 0 aromatic heterocycles. The molecule has 28 heavy (non-hydrogen) atoms. The van der Waals surface area contributed by atoms with Crippen molar-refractivity contribution in [1.29, 1.82) is 0 Å². The van der Waals surface area contributed by atoms with Crippen LogP contribution in [0, 0.1) is 5.92 Å². The van der Waals surface area contributed by atoms with Crippen molar-refractivity contribution in [1.82, 2.24) is 0 Å². The Morgan fingerprint density at radius 3 is 2.57 bits per heavy atom. The lowest BCUT2D eigenvalue weighted by atomic mass is 9.80. The average Bonchev–Trinajstić information content (AvgIpc) is 2.65. The highest BCUT2D eigenvalue weighted by atomic mass is 32.2. The van der Waals surface area contributed by atoms with E-state index in [0.717, 1.165) is 19.3 Å². The zero-order valence-electron chi connectivity index (χ0n) is 17.5. The maximum atomic E-state index is 11.6. The Morgan fingerprint density at radius 1 is 1.18 bits per heavy atom. The smallest absolute Gasteiger partial charge is 0.306 e. The number of ether oxygens (including phenoxy) is 1. The molecule has 0 amide bonds. The van der Waals surface area contributed by atoms with Crippen LogP contribution in [0.25, 0.3) is 0 Å². The highest BCUT2D eigenvalue weighted by molar-refractivity contribution is 8.00. The molecule has 0 aromatic carbocycles. The number of aliphatic carboxylic acids is 1. The van der Waals surface area contributed by atoms with E-state index in [9.17, 15) is 14.7 Å². The Hall–Kier alpha value is -1.01. The lowest BCUT2D eigenvalue weighted by Crippen LogP contribution is -2.38. The van der Waals surface area contributed by atoms with Crippen LogP contribution in [0.3, 0.4) is 0 Å². The molecule has 6 heteroatoms. The molecule has 2 N–H and O–H groups in total. The number of hydrogen-bond acceptors (Lipinski definition) is 5. The first kappa shape index (κ1) is 25.0. The Morgan fingerprint density at radius 2 is 1.89 bits per heavy atom. The summed E-state index contributed by atoms with van der Waals surface area (Å²) in [5, 5.41) is 19.8. The van der Waals surface area contributed by atoms with Crippen LogP contribution >= 0.6 is 11.8 Å². The molecule has 5 nitrogen and oxygen atoms in total. The highest BCUT2D eigenvalue weighted by Gasteiger charge is 2.36. The van der Waals surface area contributed by atoms with E-state index in [4.69, 9.17) is 9.84 Å². The van der Waals surface area contributed by atoms with Crippen molar-refractivity contribution in [2.24, 2.45) is 5.92 Å². The molecule has 1 aliphatic rings. The van der Waals surface area contributed by atoms with Crippen molar-refractivity contribution < 1.29 is 24.5 Å². The van der Waals surface area contributed by atoms with Crippen LogP contribution in [0.2, 0.25) is 0 Å². The lowest BCUT2D eigenvalue weighted by Gasteiger charge is -2.36. The van der Waals surface area contributed by atoms with Gasteiger partial charge < -0.3 is 14.9 Å². The Kier molecular flexibility index (Phi) is 13.3. The first-order valence-corrected chi connectivity index (χ1v) is 11.9. The Labute approximate surface area is 174 Å². The summed E-state index contributed by atoms with van der Waals surface area (Å²) in [7, 11) is 0. The van der Waals surface area contributed by atoms with Crippen LogP contribution in [0.5, 0.6) is 0 Å². The molecule has 0 aliphatic heterocycles. The zero-order valence-corrected chi connectivity index (χ0v) is 18.3. The van der Waals surface area contributed by atoms with Gasteiger partial charge in [-0.15, -0.1) is 0 Å². The quantitative estimate of drug-likeness (QED) is 0.237. The summed E-state index contributed by atoms with van der Waals surface area (Å²) >= 11 is 1.56.